The topological polar surface area (TPSA) is 84.5 Å². The van der Waals surface area contributed by atoms with E-state index in [4.69, 9.17) is 4.74 Å². The Labute approximate surface area is 141 Å². The highest BCUT2D eigenvalue weighted by atomic mass is 79.9. The maximum Gasteiger partial charge on any atom is 0.310 e. The van der Waals surface area contributed by atoms with Crippen molar-refractivity contribution >= 4 is 33.7 Å². The van der Waals surface area contributed by atoms with E-state index in [0.717, 1.165) is 6.42 Å². The molecule has 6 nitrogen and oxygen atoms in total. The zero-order chi connectivity index (χ0) is 16.1. The summed E-state index contributed by atoms with van der Waals surface area (Å²) >= 11 is 3.56. The molecule has 0 radical (unpaired) electrons. The summed E-state index contributed by atoms with van der Waals surface area (Å²) in [6.45, 7) is 0. The Kier molecular flexibility index (Phi) is 3.41. The first-order valence-electron chi connectivity index (χ1n) is 7.57. The molecule has 1 aromatic carbocycles. The molecule has 3 aliphatic rings. The smallest absolute Gasteiger partial charge is 0.310 e. The molecule has 0 unspecified atom stereocenters. The molecule has 2 amide bonds. The minimum atomic E-state index is -0.452. The molecule has 3 fully saturated rings. The van der Waals surface area contributed by atoms with Gasteiger partial charge in [0, 0.05) is 11.5 Å². The lowest BCUT2D eigenvalue weighted by Crippen LogP contribution is -2.49. The number of rotatable bonds is 2. The molecule has 2 bridgehead atoms. The molecule has 7 heteroatoms. The summed E-state index contributed by atoms with van der Waals surface area (Å²) in [4.78, 5) is 36.5. The molecule has 2 N–H and O–H groups in total. The number of esters is 1. The first-order chi connectivity index (χ1) is 11.1. The number of fused-ring (bicyclic) bond motifs is 1. The molecule has 0 spiro atoms. The Morgan fingerprint density at radius 1 is 1.13 bits per heavy atom. The van der Waals surface area contributed by atoms with Crippen LogP contribution in [0.15, 0.2) is 30.3 Å². The molecule has 1 saturated heterocycles. The Balaban J connectivity index is 1.44. The van der Waals surface area contributed by atoms with E-state index < -0.39 is 5.92 Å². The second-order valence-corrected chi connectivity index (χ2v) is 7.33. The lowest BCUT2D eigenvalue weighted by atomic mass is 9.79. The van der Waals surface area contributed by atoms with E-state index in [0.29, 0.717) is 5.56 Å². The van der Waals surface area contributed by atoms with Gasteiger partial charge in [0.1, 0.15) is 6.10 Å². The van der Waals surface area contributed by atoms with Crippen LogP contribution in [0.4, 0.5) is 0 Å². The second kappa shape index (κ2) is 5.33. The predicted molar refractivity (Wildman–Crippen MR) is 83.2 cm³/mol. The van der Waals surface area contributed by atoms with Crippen molar-refractivity contribution in [2.45, 2.75) is 17.4 Å². The van der Waals surface area contributed by atoms with Crippen LogP contribution in [0.5, 0.6) is 0 Å². The first kappa shape index (κ1) is 14.7. The zero-order valence-electron chi connectivity index (χ0n) is 12.1. The van der Waals surface area contributed by atoms with Crippen LogP contribution in [-0.4, -0.2) is 28.7 Å². The maximum absolute atomic E-state index is 12.5. The van der Waals surface area contributed by atoms with Crippen LogP contribution in [-0.2, 0) is 14.3 Å². The number of nitrogens with one attached hydrogen (secondary N) is 2. The van der Waals surface area contributed by atoms with Crippen molar-refractivity contribution < 1.29 is 19.1 Å². The van der Waals surface area contributed by atoms with Crippen LogP contribution in [0.1, 0.15) is 16.8 Å². The van der Waals surface area contributed by atoms with Crippen LogP contribution in [0, 0.1) is 23.7 Å². The summed E-state index contributed by atoms with van der Waals surface area (Å²) in [7, 11) is 0. The highest BCUT2D eigenvalue weighted by Gasteiger charge is 2.67. The number of hydrogen-bond acceptors (Lipinski definition) is 4. The standard InChI is InChI=1S/C16H15BrN2O4/c17-12-8-6-9-11(16(22)23-13(9)12)10(8)15(21)19-18-14(20)7-4-2-1-3-5-7/h1-5,8-13H,6H2,(H,18,20)(H,19,21)/t8-,9-,10-,11+,12-,13+/m1/s1. The molecule has 23 heavy (non-hydrogen) atoms. The molecule has 4 rings (SSSR count). The number of carbonyl (C=O) groups excluding carboxylic acids is 3. The predicted octanol–water partition coefficient (Wildman–Crippen LogP) is 1.02. The highest BCUT2D eigenvalue weighted by Crippen LogP contribution is 2.59. The van der Waals surface area contributed by atoms with E-state index in [1.165, 1.54) is 0 Å². The average molecular weight is 379 g/mol. The maximum atomic E-state index is 12.5. The van der Waals surface area contributed by atoms with Gasteiger partial charge in [-0.15, -0.1) is 0 Å². The fraction of sp³-hybridized carbons (Fsp3) is 0.438. The fourth-order valence-electron chi connectivity index (χ4n) is 4.19. The van der Waals surface area contributed by atoms with Crippen molar-refractivity contribution in [3.05, 3.63) is 35.9 Å². The number of hydrazine groups is 1. The van der Waals surface area contributed by atoms with Crippen molar-refractivity contribution in [2.24, 2.45) is 23.7 Å². The second-order valence-electron chi connectivity index (χ2n) is 6.27. The third-order valence-corrected chi connectivity index (χ3v) is 6.36. The lowest BCUT2D eigenvalue weighted by molar-refractivity contribution is -0.146. The van der Waals surface area contributed by atoms with Gasteiger partial charge in [-0.05, 0) is 24.5 Å². The van der Waals surface area contributed by atoms with Gasteiger partial charge in [0.15, 0.2) is 0 Å². The number of carbonyl (C=O) groups is 3. The van der Waals surface area contributed by atoms with Gasteiger partial charge < -0.3 is 4.74 Å². The summed E-state index contributed by atoms with van der Waals surface area (Å²) in [6.07, 6.45) is 0.697. The van der Waals surface area contributed by atoms with Crippen molar-refractivity contribution in [1.29, 1.82) is 0 Å². The number of alkyl halides is 1. The quantitative estimate of drug-likeness (QED) is 0.457. The summed E-state index contributed by atoms with van der Waals surface area (Å²) in [5.41, 5.74) is 5.34. The number of amides is 2. The first-order valence-corrected chi connectivity index (χ1v) is 8.49. The Morgan fingerprint density at radius 2 is 1.87 bits per heavy atom. The van der Waals surface area contributed by atoms with Gasteiger partial charge in [-0.3, -0.25) is 25.2 Å². The number of halogens is 1. The van der Waals surface area contributed by atoms with Gasteiger partial charge >= 0.3 is 5.97 Å². The normalized spacial score (nSPS) is 36.7. The summed E-state index contributed by atoms with van der Waals surface area (Å²) in [6, 6.07) is 8.62. The van der Waals surface area contributed by atoms with Crippen molar-refractivity contribution in [2.75, 3.05) is 0 Å². The van der Waals surface area contributed by atoms with Crippen LogP contribution in [0.2, 0.25) is 0 Å². The van der Waals surface area contributed by atoms with Crippen molar-refractivity contribution in [3.63, 3.8) is 0 Å². The molecule has 1 aromatic rings. The molecule has 120 valence electrons. The third-order valence-electron chi connectivity index (χ3n) is 5.16. The SMILES string of the molecule is O=C(NNC(=O)[C@@H]1[C@H]2C[C@H]3[C@H](OC(=O)[C@@H]31)[C@@H]2Br)c1ccccc1. The highest BCUT2D eigenvalue weighted by molar-refractivity contribution is 9.09. The summed E-state index contributed by atoms with van der Waals surface area (Å²) in [5, 5.41) is 0. The molecule has 0 aromatic heterocycles. The van der Waals surface area contributed by atoms with Crippen LogP contribution in [0.25, 0.3) is 0 Å². The van der Waals surface area contributed by atoms with Gasteiger partial charge in [0.2, 0.25) is 5.91 Å². The minimum absolute atomic E-state index is 0.00998. The van der Waals surface area contributed by atoms with Crippen molar-refractivity contribution in [1.82, 2.24) is 10.9 Å². The van der Waals surface area contributed by atoms with E-state index >= 15 is 0 Å². The molecular weight excluding hydrogens is 364 g/mol. The molecule has 1 heterocycles. The van der Waals surface area contributed by atoms with Gasteiger partial charge in [-0.1, -0.05) is 34.1 Å². The van der Waals surface area contributed by atoms with E-state index in [1.807, 2.05) is 6.07 Å². The molecular formula is C16H15BrN2O4. The lowest BCUT2D eigenvalue weighted by Gasteiger charge is -2.27. The summed E-state index contributed by atoms with van der Waals surface area (Å²) < 4.78 is 5.37. The van der Waals surface area contributed by atoms with E-state index in [-0.39, 0.29) is 46.5 Å². The van der Waals surface area contributed by atoms with Gasteiger partial charge in [0.05, 0.1) is 16.7 Å². The minimum Gasteiger partial charge on any atom is -0.461 e. The molecule has 1 aliphatic heterocycles. The van der Waals surface area contributed by atoms with Gasteiger partial charge in [-0.2, -0.15) is 0 Å². The molecule has 2 aliphatic carbocycles. The molecule has 6 atom stereocenters. The summed E-state index contributed by atoms with van der Waals surface area (Å²) in [5.74, 6) is -1.66. The number of hydrogen-bond donors (Lipinski definition) is 2. The fourth-order valence-corrected chi connectivity index (χ4v) is 5.24. The Morgan fingerprint density at radius 3 is 2.61 bits per heavy atom. The van der Waals surface area contributed by atoms with Crippen LogP contribution in [0.3, 0.4) is 0 Å². The van der Waals surface area contributed by atoms with E-state index in [1.54, 1.807) is 24.3 Å². The van der Waals surface area contributed by atoms with Crippen LogP contribution < -0.4 is 10.9 Å². The number of benzene rings is 1. The Bertz CT molecular complexity index is 680. The van der Waals surface area contributed by atoms with E-state index in [2.05, 4.69) is 26.8 Å². The van der Waals surface area contributed by atoms with Crippen molar-refractivity contribution in [3.8, 4) is 0 Å². The van der Waals surface area contributed by atoms with Crippen LogP contribution >= 0.6 is 15.9 Å². The van der Waals surface area contributed by atoms with E-state index in [9.17, 15) is 14.4 Å². The molecule has 2 saturated carbocycles. The number of ether oxygens (including phenoxy) is 1. The zero-order valence-corrected chi connectivity index (χ0v) is 13.7. The third kappa shape index (κ3) is 2.17. The van der Waals surface area contributed by atoms with Gasteiger partial charge in [0.25, 0.3) is 5.91 Å². The van der Waals surface area contributed by atoms with Gasteiger partial charge in [-0.25, -0.2) is 0 Å². The monoisotopic (exact) mass is 378 g/mol. The largest absolute Gasteiger partial charge is 0.461 e. The Hall–Kier alpha value is -1.89. The average Bonchev–Trinajstić information content (AvgIpc) is 3.17.